The summed E-state index contributed by atoms with van der Waals surface area (Å²) in [6, 6.07) is 21.9. The first-order valence-corrected chi connectivity index (χ1v) is 9.84. The fraction of sp³-hybridized carbons (Fsp3) is 0.120. The Morgan fingerprint density at radius 2 is 1.67 bits per heavy atom. The van der Waals surface area contributed by atoms with Gasteiger partial charge in [-0.05, 0) is 43.7 Å². The third-order valence-electron chi connectivity index (χ3n) is 5.56. The molecule has 1 unspecified atom stereocenters. The number of amides is 1. The number of anilines is 1. The third kappa shape index (κ3) is 2.90. The van der Waals surface area contributed by atoms with Crippen LogP contribution in [0.4, 0.5) is 10.1 Å². The number of nitrogens with one attached hydrogen (secondary N) is 1. The highest BCUT2D eigenvalue weighted by molar-refractivity contribution is 6.11. The maximum atomic E-state index is 13.5. The lowest BCUT2D eigenvalue weighted by Gasteiger charge is -2.26. The Labute approximate surface area is 174 Å². The molecule has 4 aromatic rings. The van der Waals surface area contributed by atoms with Gasteiger partial charge >= 0.3 is 0 Å². The summed E-state index contributed by atoms with van der Waals surface area (Å²) in [6.45, 7) is 4.06. The molecular weight excluding hydrogens is 377 g/mol. The standard InChI is InChI=1S/C25H20FN3O/c1-15-6-8-17(9-7-15)22-21-23(28-27-22)25(30)29(20-12-10-19(26)11-13-20)24(21)18-5-3-4-16(2)14-18/h3-14,24H,1-2H3,(H,27,28). The van der Waals surface area contributed by atoms with E-state index in [9.17, 15) is 9.18 Å². The van der Waals surface area contributed by atoms with Crippen LogP contribution in [0.15, 0.2) is 72.8 Å². The van der Waals surface area contributed by atoms with Gasteiger partial charge in [-0.1, -0.05) is 59.7 Å². The summed E-state index contributed by atoms with van der Waals surface area (Å²) in [5, 5.41) is 7.46. The summed E-state index contributed by atoms with van der Waals surface area (Å²) in [6.07, 6.45) is 0. The third-order valence-corrected chi connectivity index (χ3v) is 5.56. The Kier molecular flexibility index (Phi) is 4.24. The van der Waals surface area contributed by atoms with Gasteiger partial charge in [-0.25, -0.2) is 4.39 Å². The van der Waals surface area contributed by atoms with Crippen LogP contribution in [0.1, 0.15) is 38.8 Å². The quantitative estimate of drug-likeness (QED) is 0.490. The highest BCUT2D eigenvalue weighted by atomic mass is 19.1. The minimum absolute atomic E-state index is 0.172. The molecule has 1 aliphatic rings. The number of hydrogen-bond acceptors (Lipinski definition) is 2. The molecule has 1 aromatic heterocycles. The van der Waals surface area contributed by atoms with Crippen molar-refractivity contribution in [2.24, 2.45) is 0 Å². The molecular formula is C25H20FN3O. The SMILES string of the molecule is Cc1ccc(-c2n[nH]c3c2C(c2cccc(C)c2)N(c2ccc(F)cc2)C3=O)cc1. The number of aryl methyl sites for hydroxylation is 2. The first kappa shape index (κ1) is 18.3. The predicted octanol–water partition coefficient (Wildman–Crippen LogP) is 5.58. The number of carbonyl (C=O) groups excluding carboxylic acids is 1. The lowest BCUT2D eigenvalue weighted by molar-refractivity contribution is 0.0988. The van der Waals surface area contributed by atoms with Crippen molar-refractivity contribution in [2.75, 3.05) is 4.90 Å². The molecule has 5 rings (SSSR count). The van der Waals surface area contributed by atoms with Gasteiger partial charge in [0, 0.05) is 16.8 Å². The first-order valence-electron chi connectivity index (χ1n) is 9.84. The van der Waals surface area contributed by atoms with Gasteiger partial charge in [0.05, 0.1) is 11.7 Å². The van der Waals surface area contributed by atoms with Crippen LogP contribution in [-0.4, -0.2) is 16.1 Å². The number of H-pyrrole nitrogens is 1. The van der Waals surface area contributed by atoms with E-state index in [2.05, 4.69) is 16.3 Å². The number of carbonyl (C=O) groups is 1. The van der Waals surface area contributed by atoms with E-state index >= 15 is 0 Å². The lowest BCUT2D eigenvalue weighted by atomic mass is 9.94. The van der Waals surface area contributed by atoms with Gasteiger partial charge in [0.1, 0.15) is 11.5 Å². The fourth-order valence-corrected chi connectivity index (χ4v) is 4.10. The molecule has 5 heteroatoms. The summed E-state index contributed by atoms with van der Waals surface area (Å²) in [7, 11) is 0. The van der Waals surface area contributed by atoms with E-state index in [0.29, 0.717) is 11.4 Å². The van der Waals surface area contributed by atoms with Crippen molar-refractivity contribution in [3.8, 4) is 11.3 Å². The normalized spacial score (nSPS) is 15.5. The fourth-order valence-electron chi connectivity index (χ4n) is 4.10. The van der Waals surface area contributed by atoms with E-state index in [-0.39, 0.29) is 17.8 Å². The number of halogens is 1. The van der Waals surface area contributed by atoms with Crippen LogP contribution in [0.2, 0.25) is 0 Å². The highest BCUT2D eigenvalue weighted by Crippen LogP contribution is 2.45. The van der Waals surface area contributed by atoms with Crippen molar-refractivity contribution in [3.05, 3.63) is 107 Å². The maximum Gasteiger partial charge on any atom is 0.277 e. The van der Waals surface area contributed by atoms with E-state index in [1.54, 1.807) is 17.0 Å². The van der Waals surface area contributed by atoms with E-state index in [0.717, 1.165) is 33.5 Å². The van der Waals surface area contributed by atoms with Crippen molar-refractivity contribution < 1.29 is 9.18 Å². The Morgan fingerprint density at radius 1 is 0.933 bits per heavy atom. The van der Waals surface area contributed by atoms with Gasteiger partial charge in [-0.3, -0.25) is 14.8 Å². The predicted molar refractivity (Wildman–Crippen MR) is 115 cm³/mol. The number of benzene rings is 3. The number of aromatic amines is 1. The Hall–Kier alpha value is -3.73. The molecule has 1 N–H and O–H groups in total. The van der Waals surface area contributed by atoms with Crippen LogP contribution in [0.5, 0.6) is 0 Å². The zero-order valence-corrected chi connectivity index (χ0v) is 16.7. The molecule has 0 aliphatic carbocycles. The molecule has 3 aromatic carbocycles. The summed E-state index contributed by atoms with van der Waals surface area (Å²) >= 11 is 0. The van der Waals surface area contributed by atoms with Gasteiger partial charge in [-0.15, -0.1) is 0 Å². The largest absolute Gasteiger partial charge is 0.295 e. The number of fused-ring (bicyclic) bond motifs is 1. The topological polar surface area (TPSA) is 49.0 Å². The molecule has 0 saturated carbocycles. The molecule has 0 fully saturated rings. The molecule has 0 bridgehead atoms. The summed E-state index contributed by atoms with van der Waals surface area (Å²) < 4.78 is 13.5. The van der Waals surface area contributed by atoms with E-state index in [1.807, 2.05) is 56.3 Å². The molecule has 1 aliphatic heterocycles. The molecule has 0 saturated heterocycles. The Bertz CT molecular complexity index is 1240. The number of hydrogen-bond donors (Lipinski definition) is 1. The number of aromatic nitrogens is 2. The van der Waals surface area contributed by atoms with Crippen molar-refractivity contribution in [2.45, 2.75) is 19.9 Å². The zero-order valence-electron chi connectivity index (χ0n) is 16.7. The van der Waals surface area contributed by atoms with Crippen molar-refractivity contribution in [3.63, 3.8) is 0 Å². The molecule has 30 heavy (non-hydrogen) atoms. The van der Waals surface area contributed by atoms with Crippen LogP contribution >= 0.6 is 0 Å². The van der Waals surface area contributed by atoms with Gasteiger partial charge < -0.3 is 0 Å². The monoisotopic (exact) mass is 397 g/mol. The average molecular weight is 397 g/mol. The summed E-state index contributed by atoms with van der Waals surface area (Å²) in [4.78, 5) is 15.1. The minimum atomic E-state index is -0.354. The van der Waals surface area contributed by atoms with Crippen LogP contribution in [0.25, 0.3) is 11.3 Å². The van der Waals surface area contributed by atoms with E-state index < -0.39 is 0 Å². The Morgan fingerprint density at radius 3 is 2.37 bits per heavy atom. The molecule has 1 amide bonds. The van der Waals surface area contributed by atoms with Crippen molar-refractivity contribution in [1.29, 1.82) is 0 Å². The lowest BCUT2D eigenvalue weighted by Crippen LogP contribution is -2.29. The molecule has 1 atom stereocenters. The van der Waals surface area contributed by atoms with Crippen LogP contribution < -0.4 is 4.90 Å². The van der Waals surface area contributed by atoms with Crippen molar-refractivity contribution >= 4 is 11.6 Å². The molecule has 4 nitrogen and oxygen atoms in total. The van der Waals surface area contributed by atoms with Gasteiger partial charge in [0.2, 0.25) is 0 Å². The maximum absolute atomic E-state index is 13.5. The van der Waals surface area contributed by atoms with Crippen LogP contribution in [-0.2, 0) is 0 Å². The van der Waals surface area contributed by atoms with E-state index in [4.69, 9.17) is 0 Å². The number of nitrogens with zero attached hydrogens (tertiary/aromatic N) is 2. The smallest absolute Gasteiger partial charge is 0.277 e. The van der Waals surface area contributed by atoms with E-state index in [1.165, 1.54) is 12.1 Å². The summed E-state index contributed by atoms with van der Waals surface area (Å²) in [5.41, 5.74) is 6.92. The second kappa shape index (κ2) is 6.95. The molecule has 0 radical (unpaired) electrons. The van der Waals surface area contributed by atoms with Crippen molar-refractivity contribution in [1.82, 2.24) is 10.2 Å². The Balaban J connectivity index is 1.72. The highest BCUT2D eigenvalue weighted by Gasteiger charge is 2.43. The second-order valence-electron chi connectivity index (χ2n) is 7.70. The molecule has 2 heterocycles. The van der Waals surface area contributed by atoms with Crippen LogP contribution in [0.3, 0.4) is 0 Å². The number of rotatable bonds is 3. The second-order valence-corrected chi connectivity index (χ2v) is 7.70. The van der Waals surface area contributed by atoms with Crippen LogP contribution in [0, 0.1) is 19.7 Å². The average Bonchev–Trinajstić information content (AvgIpc) is 3.28. The summed E-state index contributed by atoms with van der Waals surface area (Å²) in [5.74, 6) is -0.507. The van der Waals surface area contributed by atoms with Gasteiger partial charge in [0.15, 0.2) is 0 Å². The van der Waals surface area contributed by atoms with Gasteiger partial charge in [0.25, 0.3) is 5.91 Å². The molecule has 148 valence electrons. The minimum Gasteiger partial charge on any atom is -0.295 e. The van der Waals surface area contributed by atoms with Gasteiger partial charge in [-0.2, -0.15) is 5.10 Å². The zero-order chi connectivity index (χ0) is 20.8. The molecule has 0 spiro atoms. The first-order chi connectivity index (χ1) is 14.5.